The van der Waals surface area contributed by atoms with Crippen LogP contribution in [0.3, 0.4) is 0 Å². The van der Waals surface area contributed by atoms with Gasteiger partial charge >= 0.3 is 0 Å². The number of nitrogens with zero attached hydrogens (tertiary/aromatic N) is 5. The molecule has 4 rings (SSSR count). The second-order valence-corrected chi connectivity index (χ2v) is 7.06. The summed E-state index contributed by atoms with van der Waals surface area (Å²) in [5.41, 5.74) is 4.00. The third kappa shape index (κ3) is 3.00. The van der Waals surface area contributed by atoms with E-state index in [-0.39, 0.29) is 0 Å². The Labute approximate surface area is 153 Å². The molecule has 1 aliphatic rings. The van der Waals surface area contributed by atoms with Crippen LogP contribution < -0.4 is 9.64 Å². The number of imidazole rings is 1. The number of rotatable bonds is 4. The van der Waals surface area contributed by atoms with Gasteiger partial charge in [0.15, 0.2) is 0 Å². The Hall–Kier alpha value is -2.63. The third-order valence-electron chi connectivity index (χ3n) is 5.41. The summed E-state index contributed by atoms with van der Waals surface area (Å²) in [6.45, 7) is 0. The molecule has 6 nitrogen and oxygen atoms in total. The minimum atomic E-state index is 0.556. The Morgan fingerprint density at radius 1 is 1.08 bits per heavy atom. The summed E-state index contributed by atoms with van der Waals surface area (Å²) in [5.74, 6) is 2.24. The van der Waals surface area contributed by atoms with Gasteiger partial charge in [-0.2, -0.15) is 0 Å². The normalized spacial score (nSPS) is 15.3. The molecule has 3 aromatic rings. The molecule has 0 radical (unpaired) electrons. The molecular formula is C20H25N5O. The zero-order valence-electron chi connectivity index (χ0n) is 15.6. The molecule has 1 saturated carbocycles. The Balaban J connectivity index is 1.67. The van der Waals surface area contributed by atoms with Crippen molar-refractivity contribution in [3.8, 4) is 5.75 Å². The topological polar surface area (TPSA) is 56.1 Å². The van der Waals surface area contributed by atoms with Crippen molar-refractivity contribution in [2.24, 2.45) is 7.05 Å². The molecule has 136 valence electrons. The predicted octanol–water partition coefficient (Wildman–Crippen LogP) is 4.19. The van der Waals surface area contributed by atoms with Crippen LogP contribution in [0.1, 0.15) is 43.7 Å². The molecule has 0 atom stereocenters. The SMILES string of the molecule is COc1cc(C2CCCCC2)ncc1N(C)c1cc2c(cn1)ncn2C. The van der Waals surface area contributed by atoms with E-state index in [1.807, 2.05) is 35.8 Å². The van der Waals surface area contributed by atoms with Gasteiger partial charge in [-0.1, -0.05) is 19.3 Å². The number of hydrogen-bond acceptors (Lipinski definition) is 5. The summed E-state index contributed by atoms with van der Waals surface area (Å²) >= 11 is 0. The average molecular weight is 351 g/mol. The van der Waals surface area contributed by atoms with Crippen LogP contribution in [-0.2, 0) is 7.05 Å². The Morgan fingerprint density at radius 3 is 2.65 bits per heavy atom. The van der Waals surface area contributed by atoms with Crippen LogP contribution in [0.4, 0.5) is 11.5 Å². The monoisotopic (exact) mass is 351 g/mol. The summed E-state index contributed by atoms with van der Waals surface area (Å²) in [7, 11) is 5.69. The number of anilines is 2. The van der Waals surface area contributed by atoms with Crippen LogP contribution in [0.15, 0.2) is 30.9 Å². The lowest BCUT2D eigenvalue weighted by molar-refractivity contribution is 0.407. The van der Waals surface area contributed by atoms with E-state index in [1.54, 1.807) is 19.6 Å². The van der Waals surface area contributed by atoms with Crippen molar-refractivity contribution in [2.75, 3.05) is 19.1 Å². The van der Waals surface area contributed by atoms with Gasteiger partial charge in [-0.15, -0.1) is 0 Å². The minimum Gasteiger partial charge on any atom is -0.494 e. The fourth-order valence-corrected chi connectivity index (χ4v) is 3.81. The standard InChI is InChI=1S/C20H25N5O/c1-24-13-23-16-11-22-20(10-17(16)24)25(2)18-12-21-15(9-19(18)26-3)14-7-5-4-6-8-14/h9-14H,4-8H2,1-3H3. The number of aryl methyl sites for hydroxylation is 1. The van der Waals surface area contributed by atoms with Gasteiger partial charge in [-0.05, 0) is 12.8 Å². The first-order valence-electron chi connectivity index (χ1n) is 9.22. The van der Waals surface area contributed by atoms with Gasteiger partial charge in [0.05, 0.1) is 31.3 Å². The molecule has 1 fully saturated rings. The summed E-state index contributed by atoms with van der Waals surface area (Å²) in [5, 5.41) is 0. The van der Waals surface area contributed by atoms with Crippen LogP contribution in [0.5, 0.6) is 5.75 Å². The molecule has 6 heteroatoms. The largest absolute Gasteiger partial charge is 0.494 e. The average Bonchev–Trinajstić information content (AvgIpc) is 3.08. The van der Waals surface area contributed by atoms with Crippen LogP contribution in [-0.4, -0.2) is 33.7 Å². The Morgan fingerprint density at radius 2 is 1.88 bits per heavy atom. The van der Waals surface area contributed by atoms with Gasteiger partial charge < -0.3 is 14.2 Å². The number of hydrogen-bond donors (Lipinski definition) is 0. The van der Waals surface area contributed by atoms with Crippen molar-refractivity contribution in [1.82, 2.24) is 19.5 Å². The molecule has 0 amide bonds. The minimum absolute atomic E-state index is 0.556. The lowest BCUT2D eigenvalue weighted by Crippen LogP contribution is -2.14. The van der Waals surface area contributed by atoms with Crippen molar-refractivity contribution < 1.29 is 4.74 Å². The van der Waals surface area contributed by atoms with Crippen LogP contribution >= 0.6 is 0 Å². The van der Waals surface area contributed by atoms with Gasteiger partial charge in [-0.25, -0.2) is 9.97 Å². The molecule has 0 spiro atoms. The first-order valence-corrected chi connectivity index (χ1v) is 9.22. The lowest BCUT2D eigenvalue weighted by Gasteiger charge is -2.24. The first kappa shape index (κ1) is 16.8. The Bertz CT molecular complexity index is 914. The fourth-order valence-electron chi connectivity index (χ4n) is 3.81. The van der Waals surface area contributed by atoms with Crippen molar-refractivity contribution in [1.29, 1.82) is 0 Å². The molecule has 0 bridgehead atoms. The maximum Gasteiger partial charge on any atom is 0.145 e. The van der Waals surface area contributed by atoms with Crippen molar-refractivity contribution >= 4 is 22.5 Å². The second-order valence-electron chi connectivity index (χ2n) is 7.06. The van der Waals surface area contributed by atoms with E-state index in [9.17, 15) is 0 Å². The summed E-state index contributed by atoms with van der Waals surface area (Å²) < 4.78 is 7.68. The Kier molecular flexibility index (Phi) is 4.49. The molecule has 0 N–H and O–H groups in total. The molecule has 0 aromatic carbocycles. The van der Waals surface area contributed by atoms with Gasteiger partial charge in [0.1, 0.15) is 22.8 Å². The maximum absolute atomic E-state index is 5.69. The molecule has 0 aliphatic heterocycles. The zero-order valence-corrected chi connectivity index (χ0v) is 15.6. The first-order chi connectivity index (χ1) is 12.7. The van der Waals surface area contributed by atoms with Gasteiger partial charge in [0.25, 0.3) is 0 Å². The van der Waals surface area contributed by atoms with Gasteiger partial charge in [-0.3, -0.25) is 4.98 Å². The lowest BCUT2D eigenvalue weighted by atomic mass is 9.86. The highest BCUT2D eigenvalue weighted by atomic mass is 16.5. The highest BCUT2D eigenvalue weighted by Crippen LogP contribution is 2.37. The van der Waals surface area contributed by atoms with Crippen LogP contribution in [0.25, 0.3) is 11.0 Å². The highest BCUT2D eigenvalue weighted by molar-refractivity contribution is 5.79. The fraction of sp³-hybridized carbons (Fsp3) is 0.450. The van der Waals surface area contributed by atoms with Gasteiger partial charge in [0, 0.05) is 37.8 Å². The number of ether oxygens (including phenoxy) is 1. The van der Waals surface area contributed by atoms with Crippen molar-refractivity contribution in [2.45, 2.75) is 38.0 Å². The molecule has 3 heterocycles. The van der Waals surface area contributed by atoms with E-state index in [1.165, 1.54) is 32.1 Å². The van der Waals surface area contributed by atoms with Crippen LogP contribution in [0, 0.1) is 0 Å². The van der Waals surface area contributed by atoms with E-state index in [2.05, 4.69) is 16.0 Å². The maximum atomic E-state index is 5.69. The number of pyridine rings is 2. The number of methoxy groups -OCH3 is 1. The molecule has 26 heavy (non-hydrogen) atoms. The summed E-state index contributed by atoms with van der Waals surface area (Å²) in [6.07, 6.45) is 11.9. The quantitative estimate of drug-likeness (QED) is 0.705. The molecular weight excluding hydrogens is 326 g/mol. The van der Waals surface area contributed by atoms with E-state index < -0.39 is 0 Å². The van der Waals surface area contributed by atoms with E-state index in [0.29, 0.717) is 5.92 Å². The van der Waals surface area contributed by atoms with Gasteiger partial charge in [0.2, 0.25) is 0 Å². The van der Waals surface area contributed by atoms with Crippen LogP contribution in [0.2, 0.25) is 0 Å². The van der Waals surface area contributed by atoms with E-state index >= 15 is 0 Å². The molecule has 0 unspecified atom stereocenters. The molecule has 1 aliphatic carbocycles. The van der Waals surface area contributed by atoms with Crippen molar-refractivity contribution in [3.05, 3.63) is 36.5 Å². The molecule has 0 saturated heterocycles. The predicted molar refractivity (Wildman–Crippen MR) is 103 cm³/mol. The highest BCUT2D eigenvalue weighted by Gasteiger charge is 2.20. The van der Waals surface area contributed by atoms with E-state index in [4.69, 9.17) is 9.72 Å². The molecule has 3 aromatic heterocycles. The summed E-state index contributed by atoms with van der Waals surface area (Å²) in [6, 6.07) is 4.14. The van der Waals surface area contributed by atoms with E-state index in [0.717, 1.165) is 34.0 Å². The summed E-state index contributed by atoms with van der Waals surface area (Å²) in [4.78, 5) is 15.7. The second kappa shape index (κ2) is 6.94. The third-order valence-corrected chi connectivity index (χ3v) is 5.41. The smallest absolute Gasteiger partial charge is 0.145 e. The number of fused-ring (bicyclic) bond motifs is 1. The number of aromatic nitrogens is 4. The van der Waals surface area contributed by atoms with Crippen molar-refractivity contribution in [3.63, 3.8) is 0 Å². The zero-order chi connectivity index (χ0) is 18.1.